The summed E-state index contributed by atoms with van der Waals surface area (Å²) >= 11 is 0. The Morgan fingerprint density at radius 2 is 1.70 bits per heavy atom. The molecule has 0 fully saturated rings. The standard InChI is InChI=1S/C19H24N2O2/c1-4-7-19(22)21-16-12-10-15(11-13-16)20-17-8-5-6-9-18(17)23-14(2)3/h5-6,8-14,20H,4,7H2,1-3H3,(H,21,22). The Kier molecular flexibility index (Phi) is 6.03. The molecule has 2 aromatic rings. The number of amides is 1. The van der Waals surface area contributed by atoms with Crippen molar-refractivity contribution in [3.63, 3.8) is 0 Å². The van der Waals surface area contributed by atoms with E-state index in [1.165, 1.54) is 0 Å². The molecule has 2 N–H and O–H groups in total. The first-order valence-electron chi connectivity index (χ1n) is 8.01. The van der Waals surface area contributed by atoms with Crippen LogP contribution in [-0.2, 0) is 4.79 Å². The van der Waals surface area contributed by atoms with Crippen LogP contribution in [0.5, 0.6) is 5.75 Å². The Bertz CT molecular complexity index is 636. The molecule has 0 bridgehead atoms. The lowest BCUT2D eigenvalue weighted by Gasteiger charge is -2.15. The van der Waals surface area contributed by atoms with Crippen LogP contribution in [0.2, 0.25) is 0 Å². The highest BCUT2D eigenvalue weighted by atomic mass is 16.5. The van der Waals surface area contributed by atoms with Gasteiger partial charge in [0, 0.05) is 17.8 Å². The second kappa shape index (κ2) is 8.22. The maximum atomic E-state index is 11.6. The fourth-order valence-electron chi connectivity index (χ4n) is 2.17. The van der Waals surface area contributed by atoms with Gasteiger partial charge in [-0.25, -0.2) is 0 Å². The number of benzene rings is 2. The zero-order valence-electron chi connectivity index (χ0n) is 13.9. The van der Waals surface area contributed by atoms with Gasteiger partial charge in [-0.05, 0) is 56.7 Å². The van der Waals surface area contributed by atoms with E-state index in [-0.39, 0.29) is 12.0 Å². The smallest absolute Gasteiger partial charge is 0.224 e. The third-order valence-corrected chi connectivity index (χ3v) is 3.17. The topological polar surface area (TPSA) is 50.4 Å². The van der Waals surface area contributed by atoms with E-state index in [0.29, 0.717) is 6.42 Å². The van der Waals surface area contributed by atoms with Crippen LogP contribution >= 0.6 is 0 Å². The first-order valence-corrected chi connectivity index (χ1v) is 8.01. The number of carbonyl (C=O) groups excluding carboxylic acids is 1. The van der Waals surface area contributed by atoms with E-state index < -0.39 is 0 Å². The molecule has 0 unspecified atom stereocenters. The van der Waals surface area contributed by atoms with Gasteiger partial charge in [-0.2, -0.15) is 0 Å². The molecule has 0 spiro atoms. The van der Waals surface area contributed by atoms with Crippen LogP contribution in [0.15, 0.2) is 48.5 Å². The number of para-hydroxylation sites is 2. The summed E-state index contributed by atoms with van der Waals surface area (Å²) in [7, 11) is 0. The molecule has 0 saturated heterocycles. The summed E-state index contributed by atoms with van der Waals surface area (Å²) in [6.45, 7) is 6.00. The van der Waals surface area contributed by atoms with Crippen LogP contribution in [-0.4, -0.2) is 12.0 Å². The number of hydrogen-bond donors (Lipinski definition) is 2. The zero-order chi connectivity index (χ0) is 16.7. The number of hydrogen-bond acceptors (Lipinski definition) is 3. The molecular weight excluding hydrogens is 288 g/mol. The molecule has 0 atom stereocenters. The average molecular weight is 312 g/mol. The molecule has 0 radical (unpaired) electrons. The predicted octanol–water partition coefficient (Wildman–Crippen LogP) is 4.96. The minimum atomic E-state index is 0.0453. The van der Waals surface area contributed by atoms with Crippen molar-refractivity contribution in [2.45, 2.75) is 39.7 Å². The van der Waals surface area contributed by atoms with Crippen molar-refractivity contribution in [2.75, 3.05) is 10.6 Å². The van der Waals surface area contributed by atoms with E-state index in [2.05, 4.69) is 10.6 Å². The predicted molar refractivity (Wildman–Crippen MR) is 95.5 cm³/mol. The number of ether oxygens (including phenoxy) is 1. The summed E-state index contributed by atoms with van der Waals surface area (Å²) in [5.74, 6) is 0.867. The van der Waals surface area contributed by atoms with E-state index in [1.807, 2.05) is 69.3 Å². The number of rotatable bonds is 7. The molecule has 0 aliphatic rings. The first kappa shape index (κ1) is 16.9. The highest BCUT2D eigenvalue weighted by Crippen LogP contribution is 2.28. The number of carbonyl (C=O) groups is 1. The molecular formula is C19H24N2O2. The lowest BCUT2D eigenvalue weighted by molar-refractivity contribution is -0.116. The van der Waals surface area contributed by atoms with Crippen molar-refractivity contribution in [1.29, 1.82) is 0 Å². The molecule has 1 amide bonds. The molecule has 0 aliphatic heterocycles. The normalized spacial score (nSPS) is 10.4. The van der Waals surface area contributed by atoms with Crippen LogP contribution in [0, 0.1) is 0 Å². The molecule has 122 valence electrons. The summed E-state index contributed by atoms with van der Waals surface area (Å²) in [5.41, 5.74) is 2.67. The van der Waals surface area contributed by atoms with Gasteiger partial charge in [-0.15, -0.1) is 0 Å². The molecule has 2 aromatic carbocycles. The molecule has 4 nitrogen and oxygen atoms in total. The second-order valence-electron chi connectivity index (χ2n) is 5.66. The zero-order valence-corrected chi connectivity index (χ0v) is 13.9. The monoisotopic (exact) mass is 312 g/mol. The maximum absolute atomic E-state index is 11.6. The Balaban J connectivity index is 2.05. The maximum Gasteiger partial charge on any atom is 0.224 e. The van der Waals surface area contributed by atoms with E-state index in [1.54, 1.807) is 0 Å². The van der Waals surface area contributed by atoms with Crippen LogP contribution in [0.4, 0.5) is 17.1 Å². The summed E-state index contributed by atoms with van der Waals surface area (Å²) in [6.07, 6.45) is 1.51. The third-order valence-electron chi connectivity index (χ3n) is 3.17. The molecule has 4 heteroatoms. The van der Waals surface area contributed by atoms with Crippen molar-refractivity contribution >= 4 is 23.0 Å². The summed E-state index contributed by atoms with van der Waals surface area (Å²) in [6, 6.07) is 15.5. The number of nitrogens with one attached hydrogen (secondary N) is 2. The van der Waals surface area contributed by atoms with Crippen molar-refractivity contribution < 1.29 is 9.53 Å². The van der Waals surface area contributed by atoms with Gasteiger partial charge in [0.15, 0.2) is 0 Å². The van der Waals surface area contributed by atoms with Gasteiger partial charge in [-0.3, -0.25) is 4.79 Å². The van der Waals surface area contributed by atoms with E-state index in [0.717, 1.165) is 29.2 Å². The molecule has 0 aromatic heterocycles. The second-order valence-corrected chi connectivity index (χ2v) is 5.66. The van der Waals surface area contributed by atoms with Gasteiger partial charge >= 0.3 is 0 Å². The Morgan fingerprint density at radius 1 is 1.04 bits per heavy atom. The summed E-state index contributed by atoms with van der Waals surface area (Å²) in [5, 5.41) is 6.23. The fraction of sp³-hybridized carbons (Fsp3) is 0.316. The highest BCUT2D eigenvalue weighted by Gasteiger charge is 2.06. The third kappa shape index (κ3) is 5.33. The molecule has 0 saturated carbocycles. The first-order chi connectivity index (χ1) is 11.1. The minimum Gasteiger partial charge on any atom is -0.489 e. The van der Waals surface area contributed by atoms with Gasteiger partial charge in [0.2, 0.25) is 5.91 Å². The van der Waals surface area contributed by atoms with E-state index in [9.17, 15) is 4.79 Å². The highest BCUT2D eigenvalue weighted by molar-refractivity contribution is 5.90. The Hall–Kier alpha value is -2.49. The van der Waals surface area contributed by atoms with Crippen molar-refractivity contribution in [2.24, 2.45) is 0 Å². The molecule has 2 rings (SSSR count). The largest absolute Gasteiger partial charge is 0.489 e. The van der Waals surface area contributed by atoms with E-state index >= 15 is 0 Å². The SMILES string of the molecule is CCCC(=O)Nc1ccc(Nc2ccccc2OC(C)C)cc1. The van der Waals surface area contributed by atoms with Gasteiger partial charge in [-0.1, -0.05) is 19.1 Å². The van der Waals surface area contributed by atoms with Gasteiger partial charge in [0.1, 0.15) is 5.75 Å². The minimum absolute atomic E-state index is 0.0453. The van der Waals surface area contributed by atoms with Gasteiger partial charge in [0.05, 0.1) is 11.8 Å². The lowest BCUT2D eigenvalue weighted by Crippen LogP contribution is -2.10. The van der Waals surface area contributed by atoms with E-state index in [4.69, 9.17) is 4.74 Å². The van der Waals surface area contributed by atoms with Crippen molar-refractivity contribution in [1.82, 2.24) is 0 Å². The molecule has 0 aliphatic carbocycles. The van der Waals surface area contributed by atoms with Crippen LogP contribution in [0.25, 0.3) is 0 Å². The average Bonchev–Trinajstić information content (AvgIpc) is 2.51. The van der Waals surface area contributed by atoms with Crippen LogP contribution in [0.1, 0.15) is 33.6 Å². The fourth-order valence-corrected chi connectivity index (χ4v) is 2.17. The summed E-state index contributed by atoms with van der Waals surface area (Å²) < 4.78 is 5.80. The quantitative estimate of drug-likeness (QED) is 0.760. The van der Waals surface area contributed by atoms with Crippen LogP contribution in [0.3, 0.4) is 0 Å². The van der Waals surface area contributed by atoms with Crippen LogP contribution < -0.4 is 15.4 Å². The van der Waals surface area contributed by atoms with Crippen molar-refractivity contribution in [3.05, 3.63) is 48.5 Å². The summed E-state index contributed by atoms with van der Waals surface area (Å²) in [4.78, 5) is 11.6. The Labute approximate surface area is 137 Å². The molecule has 0 heterocycles. The van der Waals surface area contributed by atoms with Crippen molar-refractivity contribution in [3.8, 4) is 5.75 Å². The Morgan fingerprint density at radius 3 is 2.35 bits per heavy atom. The number of anilines is 3. The lowest BCUT2D eigenvalue weighted by atomic mass is 10.2. The van der Waals surface area contributed by atoms with Gasteiger partial charge in [0.25, 0.3) is 0 Å². The molecule has 23 heavy (non-hydrogen) atoms. The van der Waals surface area contributed by atoms with Gasteiger partial charge < -0.3 is 15.4 Å².